The number of rotatable bonds is 5. The molecule has 4 nitrogen and oxygen atoms in total. The first-order chi connectivity index (χ1) is 12.9. The molecule has 0 aromatic heterocycles. The van der Waals surface area contributed by atoms with Gasteiger partial charge in [-0.3, -0.25) is 9.59 Å². The number of hydrogen-bond donors (Lipinski definition) is 0. The van der Waals surface area contributed by atoms with E-state index in [-0.39, 0.29) is 17.0 Å². The molecule has 1 heterocycles. The van der Waals surface area contributed by atoms with Gasteiger partial charge in [0.05, 0.1) is 11.6 Å². The third-order valence-corrected chi connectivity index (χ3v) is 5.00. The second-order valence-corrected chi connectivity index (χ2v) is 7.10. The van der Waals surface area contributed by atoms with Crippen LogP contribution in [0.2, 0.25) is 10.0 Å². The third kappa shape index (κ3) is 4.04. The fraction of sp³-hybridized carbons (Fsp3) is 0.250. The molecule has 0 aliphatic carbocycles. The van der Waals surface area contributed by atoms with E-state index in [1.165, 1.54) is 24.3 Å². The van der Waals surface area contributed by atoms with E-state index in [0.717, 1.165) is 11.4 Å². The van der Waals surface area contributed by atoms with Crippen LogP contribution in [-0.2, 0) is 11.2 Å². The van der Waals surface area contributed by atoms with E-state index in [4.69, 9.17) is 23.2 Å². The normalized spacial score (nSPS) is 16.6. The van der Waals surface area contributed by atoms with Crippen molar-refractivity contribution in [3.05, 3.63) is 69.5 Å². The molecule has 1 aliphatic heterocycles. The average Bonchev–Trinajstić information content (AvgIpc) is 2.94. The predicted octanol–water partition coefficient (Wildman–Crippen LogP) is 5.13. The van der Waals surface area contributed by atoms with Gasteiger partial charge in [0.25, 0.3) is 11.8 Å². The monoisotopic (exact) mass is 406 g/mol. The molecular formula is C20H17Cl2FN2O2. The Hall–Kier alpha value is -2.24. The van der Waals surface area contributed by atoms with Crippen molar-refractivity contribution in [2.45, 2.75) is 26.2 Å². The molecule has 0 saturated carbocycles. The third-order valence-electron chi connectivity index (χ3n) is 4.40. The summed E-state index contributed by atoms with van der Waals surface area (Å²) in [7, 11) is 0. The fourth-order valence-corrected chi connectivity index (χ4v) is 3.38. The molecule has 0 N–H and O–H groups in total. The number of amides is 2. The van der Waals surface area contributed by atoms with Gasteiger partial charge in [0.1, 0.15) is 5.82 Å². The largest absolute Gasteiger partial charge is 0.281 e. The highest BCUT2D eigenvalue weighted by Gasteiger charge is 2.39. The average molecular weight is 407 g/mol. The quantitative estimate of drug-likeness (QED) is 0.646. The van der Waals surface area contributed by atoms with E-state index >= 15 is 0 Å². The molecule has 0 spiro atoms. The van der Waals surface area contributed by atoms with Crippen LogP contribution in [0.15, 0.2) is 47.6 Å². The summed E-state index contributed by atoms with van der Waals surface area (Å²) in [5, 5.41) is 5.85. The zero-order chi connectivity index (χ0) is 19.6. The smallest absolute Gasteiger partial charge is 0.272 e. The van der Waals surface area contributed by atoms with Crippen LogP contribution < -0.4 is 0 Å². The number of nitrogens with zero attached hydrogens (tertiary/aromatic N) is 2. The summed E-state index contributed by atoms with van der Waals surface area (Å²) in [6.45, 7) is 1.95. The summed E-state index contributed by atoms with van der Waals surface area (Å²) >= 11 is 12.0. The maximum Gasteiger partial charge on any atom is 0.281 e. The van der Waals surface area contributed by atoms with Gasteiger partial charge in [0.2, 0.25) is 0 Å². The first kappa shape index (κ1) is 19.5. The molecule has 0 fully saturated rings. The van der Waals surface area contributed by atoms with Crippen LogP contribution in [0.3, 0.4) is 0 Å². The van der Waals surface area contributed by atoms with E-state index in [2.05, 4.69) is 5.10 Å². The molecule has 140 valence electrons. The van der Waals surface area contributed by atoms with Gasteiger partial charge in [-0.05, 0) is 49.2 Å². The summed E-state index contributed by atoms with van der Waals surface area (Å²) in [4.78, 5) is 25.6. The first-order valence-electron chi connectivity index (χ1n) is 8.56. The second kappa shape index (κ2) is 8.19. The minimum atomic E-state index is -0.712. The molecule has 0 bridgehead atoms. The maximum atomic E-state index is 14.2. The molecule has 1 atom stereocenters. The first-order valence-corrected chi connectivity index (χ1v) is 9.32. The lowest BCUT2D eigenvalue weighted by atomic mass is 9.92. The Kier molecular flexibility index (Phi) is 5.92. The lowest BCUT2D eigenvalue weighted by Crippen LogP contribution is -2.33. The summed E-state index contributed by atoms with van der Waals surface area (Å²) in [6, 6.07) is 10.6. The van der Waals surface area contributed by atoms with Crippen molar-refractivity contribution in [2.75, 3.05) is 0 Å². The molecule has 2 aromatic carbocycles. The summed E-state index contributed by atoms with van der Waals surface area (Å²) in [5.74, 6) is -2.20. The highest BCUT2D eigenvalue weighted by atomic mass is 35.5. The number of benzene rings is 2. The van der Waals surface area contributed by atoms with Crippen molar-refractivity contribution in [2.24, 2.45) is 11.0 Å². The van der Waals surface area contributed by atoms with Crippen LogP contribution >= 0.6 is 23.2 Å². The molecular weight excluding hydrogens is 390 g/mol. The summed E-state index contributed by atoms with van der Waals surface area (Å²) in [6.07, 6.45) is 1.34. The fourth-order valence-electron chi connectivity index (χ4n) is 3.01. The van der Waals surface area contributed by atoms with Crippen molar-refractivity contribution in [3.63, 3.8) is 0 Å². The number of hydrogen-bond acceptors (Lipinski definition) is 3. The van der Waals surface area contributed by atoms with Crippen LogP contribution in [0.4, 0.5) is 4.39 Å². The van der Waals surface area contributed by atoms with Crippen LogP contribution in [0.25, 0.3) is 0 Å². The van der Waals surface area contributed by atoms with E-state index in [1.807, 2.05) is 6.92 Å². The second-order valence-electron chi connectivity index (χ2n) is 6.26. The van der Waals surface area contributed by atoms with Gasteiger partial charge in [-0.1, -0.05) is 42.6 Å². The van der Waals surface area contributed by atoms with Gasteiger partial charge in [-0.15, -0.1) is 0 Å². The van der Waals surface area contributed by atoms with E-state index < -0.39 is 23.5 Å². The van der Waals surface area contributed by atoms with Crippen LogP contribution in [-0.4, -0.2) is 22.5 Å². The van der Waals surface area contributed by atoms with Crippen molar-refractivity contribution in [3.8, 4) is 0 Å². The van der Waals surface area contributed by atoms with Crippen molar-refractivity contribution in [1.82, 2.24) is 5.01 Å². The molecule has 2 amide bonds. The zero-order valence-corrected chi connectivity index (χ0v) is 16.1. The summed E-state index contributed by atoms with van der Waals surface area (Å²) in [5.41, 5.74) is 1.11. The van der Waals surface area contributed by atoms with Gasteiger partial charge in [-0.2, -0.15) is 10.1 Å². The Labute approximate surface area is 166 Å². The number of imide groups is 1. The van der Waals surface area contributed by atoms with Crippen molar-refractivity contribution >= 4 is 40.7 Å². The Bertz CT molecular complexity index is 892. The van der Waals surface area contributed by atoms with Gasteiger partial charge in [0, 0.05) is 21.2 Å². The van der Waals surface area contributed by atoms with Gasteiger partial charge < -0.3 is 0 Å². The molecule has 0 saturated heterocycles. The van der Waals surface area contributed by atoms with Crippen LogP contribution in [0.5, 0.6) is 0 Å². The van der Waals surface area contributed by atoms with Crippen LogP contribution in [0.1, 0.15) is 35.7 Å². The Morgan fingerprint density at radius 1 is 1.19 bits per heavy atom. The Morgan fingerprint density at radius 3 is 2.52 bits per heavy atom. The zero-order valence-electron chi connectivity index (χ0n) is 14.6. The van der Waals surface area contributed by atoms with E-state index in [9.17, 15) is 14.0 Å². The van der Waals surface area contributed by atoms with E-state index in [0.29, 0.717) is 22.7 Å². The molecule has 27 heavy (non-hydrogen) atoms. The molecule has 0 unspecified atom stereocenters. The van der Waals surface area contributed by atoms with Crippen molar-refractivity contribution < 1.29 is 14.0 Å². The van der Waals surface area contributed by atoms with Gasteiger partial charge >= 0.3 is 0 Å². The molecule has 0 radical (unpaired) electrons. The minimum Gasteiger partial charge on any atom is -0.272 e. The Morgan fingerprint density at radius 2 is 1.89 bits per heavy atom. The topological polar surface area (TPSA) is 49.7 Å². The molecule has 1 aliphatic rings. The Balaban J connectivity index is 1.90. The minimum absolute atomic E-state index is 0.0631. The molecule has 7 heteroatoms. The van der Waals surface area contributed by atoms with E-state index in [1.54, 1.807) is 18.2 Å². The number of carbonyl (C=O) groups is 2. The maximum absolute atomic E-state index is 14.2. The highest BCUT2D eigenvalue weighted by Crippen LogP contribution is 2.29. The SMILES string of the molecule is CCCC1=NN(C(=O)c2ccc(Cl)cc2)C(=O)[C@@H]1Cc1c(F)cccc1Cl. The van der Waals surface area contributed by atoms with Gasteiger partial charge in [0.15, 0.2) is 0 Å². The predicted molar refractivity (Wildman–Crippen MR) is 104 cm³/mol. The van der Waals surface area contributed by atoms with Crippen molar-refractivity contribution in [1.29, 1.82) is 0 Å². The lowest BCUT2D eigenvalue weighted by Gasteiger charge is -2.14. The van der Waals surface area contributed by atoms with Gasteiger partial charge in [-0.25, -0.2) is 4.39 Å². The molecule has 3 rings (SSSR count). The number of hydrazone groups is 1. The lowest BCUT2D eigenvalue weighted by molar-refractivity contribution is -0.129. The number of carbonyl (C=O) groups excluding carboxylic acids is 2. The molecule has 2 aromatic rings. The number of halogens is 3. The summed E-state index contributed by atoms with van der Waals surface area (Å²) < 4.78 is 14.2. The standard InChI is InChI=1S/C20H17Cl2FN2O2/c1-2-4-18-15(11-14-16(22)5-3-6-17(14)23)20(27)25(24-18)19(26)12-7-9-13(21)10-8-12/h3,5-10,15H,2,4,11H2,1H3/t15-/m1/s1. The van der Waals surface area contributed by atoms with Crippen LogP contribution in [0, 0.1) is 11.7 Å². The highest BCUT2D eigenvalue weighted by molar-refractivity contribution is 6.31.